The summed E-state index contributed by atoms with van der Waals surface area (Å²) < 4.78 is 23.9. The second kappa shape index (κ2) is 7.85. The van der Waals surface area contributed by atoms with Crippen LogP contribution in [0.4, 0.5) is 11.5 Å². The Hall–Kier alpha value is -1.51. The number of hydrogen-bond donors (Lipinski definition) is 2. The van der Waals surface area contributed by atoms with Gasteiger partial charge in [0.25, 0.3) is 0 Å². The molecule has 1 heterocycles. The summed E-state index contributed by atoms with van der Waals surface area (Å²) in [4.78, 5) is 8.68. The molecule has 0 aliphatic carbocycles. The molecule has 0 radical (unpaired) electrons. The van der Waals surface area contributed by atoms with Gasteiger partial charge in [0.2, 0.25) is 0 Å². The number of benzene rings is 1. The largest absolute Gasteiger partial charge is 1.00 e. The summed E-state index contributed by atoms with van der Waals surface area (Å²) in [5.41, 5.74) is 1.07. The van der Waals surface area contributed by atoms with Crippen molar-refractivity contribution in [3.05, 3.63) is 30.0 Å². The Morgan fingerprint density at radius 3 is 2.57 bits per heavy atom. The third-order valence-corrected chi connectivity index (χ3v) is 5.27. The Bertz CT molecular complexity index is 798. The lowest BCUT2D eigenvalue weighted by molar-refractivity contribution is -0.00000812. The summed E-state index contributed by atoms with van der Waals surface area (Å²) >= 11 is 1.40. The van der Waals surface area contributed by atoms with E-state index in [0.29, 0.717) is 16.7 Å². The van der Waals surface area contributed by atoms with Crippen LogP contribution < -0.4 is 17.7 Å². The number of nitrogens with one attached hydrogen (secondary N) is 1. The van der Waals surface area contributed by atoms with E-state index >= 15 is 0 Å². The molecular formula is C14H17ClN3O3S2-. The van der Waals surface area contributed by atoms with Crippen LogP contribution in [0.25, 0.3) is 0 Å². The second-order valence-electron chi connectivity index (χ2n) is 4.59. The van der Waals surface area contributed by atoms with E-state index in [1.54, 1.807) is 13.0 Å². The van der Waals surface area contributed by atoms with Crippen molar-refractivity contribution < 1.29 is 25.9 Å². The highest BCUT2D eigenvalue weighted by Crippen LogP contribution is 2.29. The number of phenols is 1. The smallest absolute Gasteiger partial charge is 0.189 e. The molecule has 2 N–H and O–H groups in total. The Morgan fingerprint density at radius 2 is 1.96 bits per heavy atom. The van der Waals surface area contributed by atoms with Gasteiger partial charge in [-0.05, 0) is 31.4 Å². The molecule has 2 rings (SSSR count). The fraction of sp³-hybridized carbons (Fsp3) is 0.286. The number of rotatable bonds is 5. The minimum absolute atomic E-state index is 0. The predicted molar refractivity (Wildman–Crippen MR) is 87.7 cm³/mol. The first-order valence-electron chi connectivity index (χ1n) is 6.58. The van der Waals surface area contributed by atoms with Crippen molar-refractivity contribution in [1.82, 2.24) is 9.97 Å². The molecule has 0 saturated heterocycles. The normalized spacial score (nSPS) is 10.9. The zero-order valence-electron chi connectivity index (χ0n) is 12.9. The lowest BCUT2D eigenvalue weighted by Gasteiger charge is -2.11. The molecular weight excluding hydrogens is 358 g/mol. The molecule has 126 valence electrons. The van der Waals surface area contributed by atoms with E-state index in [-0.39, 0.29) is 28.8 Å². The van der Waals surface area contributed by atoms with Crippen LogP contribution in [0.2, 0.25) is 0 Å². The molecule has 0 aliphatic heterocycles. The van der Waals surface area contributed by atoms with Crippen molar-refractivity contribution in [2.45, 2.75) is 23.9 Å². The van der Waals surface area contributed by atoms with E-state index in [9.17, 15) is 13.5 Å². The van der Waals surface area contributed by atoms with Gasteiger partial charge in [0.1, 0.15) is 11.6 Å². The number of anilines is 2. The van der Waals surface area contributed by atoms with E-state index in [1.165, 1.54) is 30.0 Å². The van der Waals surface area contributed by atoms with Crippen LogP contribution in [0.15, 0.2) is 34.3 Å². The average Bonchev–Trinajstić information content (AvgIpc) is 2.48. The topological polar surface area (TPSA) is 92.2 Å². The molecule has 6 nitrogen and oxygen atoms in total. The number of aromatic nitrogens is 2. The zero-order valence-corrected chi connectivity index (χ0v) is 15.3. The van der Waals surface area contributed by atoms with Gasteiger partial charge in [-0.25, -0.2) is 18.4 Å². The maximum absolute atomic E-state index is 11.9. The summed E-state index contributed by atoms with van der Waals surface area (Å²) in [5.74, 6) is 0.454. The zero-order chi connectivity index (χ0) is 16.3. The van der Waals surface area contributed by atoms with Crippen molar-refractivity contribution >= 4 is 33.1 Å². The van der Waals surface area contributed by atoms with Gasteiger partial charge >= 0.3 is 0 Å². The van der Waals surface area contributed by atoms with E-state index in [0.717, 1.165) is 5.69 Å². The summed E-state index contributed by atoms with van der Waals surface area (Å²) in [5, 5.41) is 13.5. The molecule has 0 unspecified atom stereocenters. The molecule has 0 atom stereocenters. The first kappa shape index (κ1) is 19.5. The highest BCUT2D eigenvalue weighted by atomic mass is 35.5. The molecule has 9 heteroatoms. The van der Waals surface area contributed by atoms with Crippen LogP contribution in [0.3, 0.4) is 0 Å². The Morgan fingerprint density at radius 1 is 1.26 bits per heavy atom. The van der Waals surface area contributed by atoms with Gasteiger partial charge in [-0.15, -0.1) is 0 Å². The molecule has 0 fully saturated rings. The van der Waals surface area contributed by atoms with Gasteiger partial charge < -0.3 is 22.8 Å². The first-order valence-corrected chi connectivity index (χ1v) is 9.46. The molecule has 1 aromatic heterocycles. The van der Waals surface area contributed by atoms with Crippen LogP contribution in [0.5, 0.6) is 5.75 Å². The first-order chi connectivity index (χ1) is 10.4. The third kappa shape index (κ3) is 4.73. The van der Waals surface area contributed by atoms with Crippen LogP contribution in [0.1, 0.15) is 12.6 Å². The molecule has 0 aliphatic rings. The SMILES string of the molecule is CCS(=O)(=O)c1ccc(O)c(Nc2cc(C)nc(SC)n2)c1.[Cl-]. The van der Waals surface area contributed by atoms with Gasteiger partial charge in [-0.1, -0.05) is 18.7 Å². The van der Waals surface area contributed by atoms with E-state index in [2.05, 4.69) is 15.3 Å². The fourth-order valence-corrected chi connectivity index (χ4v) is 3.14. The maximum atomic E-state index is 11.9. The van der Waals surface area contributed by atoms with Crippen molar-refractivity contribution in [3.8, 4) is 5.75 Å². The molecule has 0 saturated carbocycles. The van der Waals surface area contributed by atoms with Gasteiger partial charge in [-0.2, -0.15) is 0 Å². The summed E-state index contributed by atoms with van der Waals surface area (Å²) in [6.45, 7) is 3.41. The Balaban J connectivity index is 0.00000264. The molecule has 0 bridgehead atoms. The van der Waals surface area contributed by atoms with Crippen molar-refractivity contribution in [1.29, 1.82) is 0 Å². The van der Waals surface area contributed by atoms with E-state index in [1.807, 2.05) is 13.2 Å². The fourth-order valence-electron chi connectivity index (χ4n) is 1.81. The maximum Gasteiger partial charge on any atom is 0.189 e. The average molecular weight is 375 g/mol. The number of phenolic OH excluding ortho intramolecular Hbond substituents is 1. The summed E-state index contributed by atoms with van der Waals surface area (Å²) in [7, 11) is -3.34. The van der Waals surface area contributed by atoms with Crippen LogP contribution in [0, 0.1) is 6.92 Å². The Kier molecular flexibility index (Phi) is 6.67. The number of halogens is 1. The van der Waals surface area contributed by atoms with Crippen molar-refractivity contribution in [3.63, 3.8) is 0 Å². The lowest BCUT2D eigenvalue weighted by Crippen LogP contribution is -3.00. The lowest BCUT2D eigenvalue weighted by atomic mass is 10.3. The van der Waals surface area contributed by atoms with Gasteiger partial charge in [-0.3, -0.25) is 0 Å². The molecule has 0 spiro atoms. The van der Waals surface area contributed by atoms with Crippen LogP contribution >= 0.6 is 11.8 Å². The van der Waals surface area contributed by atoms with Gasteiger partial charge in [0, 0.05) is 11.8 Å². The standard InChI is InChI=1S/C14H17N3O3S2.ClH/c1-4-22(19,20)10-5-6-12(18)11(8-10)16-13-7-9(2)15-14(17-13)21-3;/h5-8,18H,4H2,1-3H3,(H,15,16,17);1H/p-1. The van der Waals surface area contributed by atoms with E-state index < -0.39 is 9.84 Å². The van der Waals surface area contributed by atoms with Gasteiger partial charge in [0.15, 0.2) is 15.0 Å². The molecule has 1 aromatic carbocycles. The number of aromatic hydroxyl groups is 1. The number of thioether (sulfide) groups is 1. The minimum Gasteiger partial charge on any atom is -1.00 e. The monoisotopic (exact) mass is 374 g/mol. The van der Waals surface area contributed by atoms with Crippen molar-refractivity contribution in [2.75, 3.05) is 17.3 Å². The predicted octanol–water partition coefficient (Wildman–Crippen LogP) is -0.246. The molecule has 0 amide bonds. The number of sulfone groups is 1. The summed E-state index contributed by atoms with van der Waals surface area (Å²) in [6.07, 6.45) is 1.87. The highest BCUT2D eigenvalue weighted by molar-refractivity contribution is 7.98. The second-order valence-corrected chi connectivity index (χ2v) is 7.64. The number of nitrogens with zero attached hydrogens (tertiary/aromatic N) is 2. The number of hydrogen-bond acceptors (Lipinski definition) is 7. The third-order valence-electron chi connectivity index (χ3n) is 2.99. The van der Waals surface area contributed by atoms with E-state index in [4.69, 9.17) is 0 Å². The highest BCUT2D eigenvalue weighted by Gasteiger charge is 2.14. The van der Waals surface area contributed by atoms with Crippen LogP contribution in [-0.2, 0) is 9.84 Å². The number of aryl methyl sites for hydroxylation is 1. The van der Waals surface area contributed by atoms with Crippen molar-refractivity contribution in [2.24, 2.45) is 0 Å². The minimum atomic E-state index is -3.34. The summed E-state index contributed by atoms with van der Waals surface area (Å²) in [6, 6.07) is 5.87. The van der Waals surface area contributed by atoms with Gasteiger partial charge in [0.05, 0.1) is 16.3 Å². The molecule has 23 heavy (non-hydrogen) atoms. The quantitative estimate of drug-likeness (QED) is 0.423. The van der Waals surface area contributed by atoms with Crippen LogP contribution in [-0.4, -0.2) is 35.5 Å². The Labute approximate surface area is 146 Å². The molecule has 2 aromatic rings.